The number of carbonyl (C=O) groups is 1. The maximum Gasteiger partial charge on any atom is 0.268 e. The van der Waals surface area contributed by atoms with Gasteiger partial charge in [-0.25, -0.2) is 12.8 Å². The van der Waals surface area contributed by atoms with Crippen LogP contribution in [0.5, 0.6) is 0 Å². The molecule has 2 aromatic carbocycles. The first-order chi connectivity index (χ1) is 14.9. The van der Waals surface area contributed by atoms with Gasteiger partial charge in [-0.05, 0) is 74.1 Å². The Labute approximate surface area is 185 Å². The maximum atomic E-state index is 14.3. The Balaban J connectivity index is 1.52. The van der Waals surface area contributed by atoms with Crippen LogP contribution in [0.1, 0.15) is 40.1 Å². The predicted octanol–water partition coefficient (Wildman–Crippen LogP) is 4.73. The zero-order valence-electron chi connectivity index (χ0n) is 17.2. The van der Waals surface area contributed by atoms with E-state index >= 15 is 0 Å². The monoisotopic (exact) mass is 458 g/mol. The third-order valence-corrected chi connectivity index (χ3v) is 9.35. The molecular weight excluding hydrogens is 435 g/mol. The number of thiophene rings is 1. The number of fused-ring (bicyclic) bond motifs is 2. The lowest BCUT2D eigenvalue weighted by Gasteiger charge is -2.30. The fraction of sp³-hybridized carbons (Fsp3) is 0.348. The molecule has 0 unspecified atom stereocenters. The predicted molar refractivity (Wildman–Crippen MR) is 121 cm³/mol. The van der Waals surface area contributed by atoms with E-state index in [4.69, 9.17) is 0 Å². The van der Waals surface area contributed by atoms with Crippen molar-refractivity contribution in [1.29, 1.82) is 0 Å². The number of amides is 1. The van der Waals surface area contributed by atoms with E-state index in [-0.39, 0.29) is 11.7 Å². The summed E-state index contributed by atoms with van der Waals surface area (Å²) >= 11 is 1.30. The number of rotatable bonds is 3. The molecule has 31 heavy (non-hydrogen) atoms. The molecular formula is C23H23FN2O3S2. The molecule has 8 heteroatoms. The lowest BCUT2D eigenvalue weighted by molar-refractivity contribution is 0.0988. The molecule has 0 spiro atoms. The van der Waals surface area contributed by atoms with Crippen molar-refractivity contribution in [3.63, 3.8) is 0 Å². The normalized spacial score (nSPS) is 17.3. The van der Waals surface area contributed by atoms with Crippen molar-refractivity contribution >= 4 is 43.0 Å². The van der Waals surface area contributed by atoms with Gasteiger partial charge < -0.3 is 4.90 Å². The van der Waals surface area contributed by atoms with E-state index in [0.717, 1.165) is 41.6 Å². The van der Waals surface area contributed by atoms with Crippen LogP contribution in [-0.4, -0.2) is 38.3 Å². The van der Waals surface area contributed by atoms with Crippen LogP contribution in [0, 0.1) is 12.7 Å². The molecule has 1 amide bonds. The summed E-state index contributed by atoms with van der Waals surface area (Å²) in [6, 6.07) is 9.97. The van der Waals surface area contributed by atoms with Gasteiger partial charge in [0.15, 0.2) is 0 Å². The molecule has 0 bridgehead atoms. The third kappa shape index (κ3) is 3.37. The number of anilines is 1. The molecule has 5 rings (SSSR count). The fourth-order valence-corrected chi connectivity index (χ4v) is 7.34. The smallest absolute Gasteiger partial charge is 0.268 e. The van der Waals surface area contributed by atoms with Crippen molar-refractivity contribution in [3.8, 4) is 0 Å². The van der Waals surface area contributed by atoms with E-state index in [1.165, 1.54) is 21.7 Å². The van der Waals surface area contributed by atoms with Gasteiger partial charge in [0, 0.05) is 35.4 Å². The maximum absolute atomic E-state index is 14.3. The molecule has 3 aromatic rings. The van der Waals surface area contributed by atoms with E-state index < -0.39 is 10.0 Å². The van der Waals surface area contributed by atoms with Gasteiger partial charge in [-0.3, -0.25) is 4.79 Å². The number of hydrogen-bond donors (Lipinski definition) is 0. The molecule has 0 aliphatic carbocycles. The fourth-order valence-electron chi connectivity index (χ4n) is 4.60. The topological polar surface area (TPSA) is 57.7 Å². The van der Waals surface area contributed by atoms with Gasteiger partial charge in [-0.1, -0.05) is 6.07 Å². The molecule has 1 aromatic heterocycles. The summed E-state index contributed by atoms with van der Waals surface area (Å²) < 4.78 is 42.5. The Bertz CT molecular complexity index is 1290. The number of sulfonamides is 1. The second-order valence-electron chi connectivity index (χ2n) is 8.13. The standard InChI is InChI=1S/C23H23FN2O3S2/c1-15-21-18(24)7-4-8-20(21)30-22(15)23(27)26-13-5-6-16-14-17(9-10-19(16)26)31(28,29)25-11-2-3-12-25/h4,7-10,14H,2-3,5-6,11-13H2,1H3. The Morgan fingerprint density at radius 3 is 2.58 bits per heavy atom. The summed E-state index contributed by atoms with van der Waals surface area (Å²) in [6.07, 6.45) is 3.26. The highest BCUT2D eigenvalue weighted by Crippen LogP contribution is 2.37. The van der Waals surface area contributed by atoms with Crippen LogP contribution in [0.3, 0.4) is 0 Å². The van der Waals surface area contributed by atoms with Crippen molar-refractivity contribution in [1.82, 2.24) is 4.31 Å². The molecule has 0 radical (unpaired) electrons. The quantitative estimate of drug-likeness (QED) is 0.570. The summed E-state index contributed by atoms with van der Waals surface area (Å²) in [5.41, 5.74) is 2.27. The average molecular weight is 459 g/mol. The largest absolute Gasteiger partial charge is 0.307 e. The van der Waals surface area contributed by atoms with Crippen molar-refractivity contribution < 1.29 is 17.6 Å². The van der Waals surface area contributed by atoms with Gasteiger partial charge in [0.2, 0.25) is 10.0 Å². The van der Waals surface area contributed by atoms with E-state index in [0.29, 0.717) is 40.4 Å². The van der Waals surface area contributed by atoms with Gasteiger partial charge in [0.05, 0.1) is 9.77 Å². The minimum absolute atomic E-state index is 0.158. The second kappa shape index (κ2) is 7.69. The van der Waals surface area contributed by atoms with Crippen LogP contribution in [0.4, 0.5) is 10.1 Å². The minimum atomic E-state index is -3.50. The SMILES string of the molecule is Cc1c(C(=O)N2CCCc3cc(S(=O)(=O)N4CCCC4)ccc32)sc2cccc(F)c12. The van der Waals surface area contributed by atoms with Crippen LogP contribution >= 0.6 is 11.3 Å². The number of carbonyl (C=O) groups excluding carboxylic acids is 1. The van der Waals surface area contributed by atoms with Gasteiger partial charge in [0.25, 0.3) is 5.91 Å². The van der Waals surface area contributed by atoms with E-state index in [1.54, 1.807) is 36.1 Å². The van der Waals surface area contributed by atoms with E-state index in [9.17, 15) is 17.6 Å². The highest BCUT2D eigenvalue weighted by molar-refractivity contribution is 7.89. The Morgan fingerprint density at radius 2 is 1.84 bits per heavy atom. The molecule has 1 fully saturated rings. The lowest BCUT2D eigenvalue weighted by Crippen LogP contribution is -2.35. The number of nitrogens with zero attached hydrogens (tertiary/aromatic N) is 2. The summed E-state index contributed by atoms with van der Waals surface area (Å²) in [4.78, 5) is 16.0. The Hall–Kier alpha value is -2.29. The summed E-state index contributed by atoms with van der Waals surface area (Å²) in [5, 5.41) is 0.500. The molecule has 2 aliphatic rings. The van der Waals surface area contributed by atoms with Gasteiger partial charge in [-0.15, -0.1) is 11.3 Å². The molecule has 0 N–H and O–H groups in total. The number of halogens is 1. The van der Waals surface area contributed by atoms with Crippen molar-refractivity contribution in [2.24, 2.45) is 0 Å². The number of hydrogen-bond acceptors (Lipinski definition) is 4. The lowest BCUT2D eigenvalue weighted by atomic mass is 10.0. The summed E-state index contributed by atoms with van der Waals surface area (Å²) in [6.45, 7) is 3.46. The van der Waals surface area contributed by atoms with Crippen molar-refractivity contribution in [2.45, 2.75) is 37.5 Å². The average Bonchev–Trinajstić information content (AvgIpc) is 3.42. The first-order valence-electron chi connectivity index (χ1n) is 10.5. The van der Waals surface area contributed by atoms with Gasteiger partial charge >= 0.3 is 0 Å². The van der Waals surface area contributed by atoms with Crippen LogP contribution in [-0.2, 0) is 16.4 Å². The first kappa shape index (κ1) is 20.6. The minimum Gasteiger partial charge on any atom is -0.307 e. The molecule has 2 aliphatic heterocycles. The zero-order chi connectivity index (χ0) is 21.8. The summed E-state index contributed by atoms with van der Waals surface area (Å²) in [7, 11) is -3.50. The molecule has 0 atom stereocenters. The van der Waals surface area contributed by atoms with Gasteiger partial charge in [0.1, 0.15) is 5.82 Å². The Morgan fingerprint density at radius 1 is 1.06 bits per heavy atom. The molecule has 3 heterocycles. The van der Waals surface area contributed by atoms with Crippen molar-refractivity contribution in [2.75, 3.05) is 24.5 Å². The molecule has 1 saturated heterocycles. The van der Waals surface area contributed by atoms with Crippen LogP contribution < -0.4 is 4.90 Å². The zero-order valence-corrected chi connectivity index (χ0v) is 18.9. The third-order valence-electron chi connectivity index (χ3n) is 6.21. The van der Waals surface area contributed by atoms with Gasteiger partial charge in [-0.2, -0.15) is 4.31 Å². The van der Waals surface area contributed by atoms with Crippen LogP contribution in [0.25, 0.3) is 10.1 Å². The molecule has 5 nitrogen and oxygen atoms in total. The van der Waals surface area contributed by atoms with Crippen molar-refractivity contribution in [3.05, 3.63) is 58.2 Å². The van der Waals surface area contributed by atoms with E-state index in [1.807, 2.05) is 6.07 Å². The molecule has 162 valence electrons. The van der Waals surface area contributed by atoms with Crippen LogP contribution in [0.15, 0.2) is 41.3 Å². The second-order valence-corrected chi connectivity index (χ2v) is 11.1. The number of aryl methyl sites for hydroxylation is 2. The molecule has 0 saturated carbocycles. The highest BCUT2D eigenvalue weighted by atomic mass is 32.2. The first-order valence-corrected chi connectivity index (χ1v) is 12.8. The van der Waals surface area contributed by atoms with E-state index in [2.05, 4.69) is 0 Å². The van der Waals surface area contributed by atoms with Crippen LogP contribution in [0.2, 0.25) is 0 Å². The number of benzene rings is 2. The highest BCUT2D eigenvalue weighted by Gasteiger charge is 2.31. The Kier molecular flexibility index (Phi) is 5.11. The summed E-state index contributed by atoms with van der Waals surface area (Å²) in [5.74, 6) is -0.477.